The number of carbonyl (C=O) groups is 2. The Balaban J connectivity index is 1.62. The number of urea groups is 1. The van der Waals surface area contributed by atoms with Gasteiger partial charge in [0.25, 0.3) is 5.91 Å². The maximum atomic E-state index is 12.2. The van der Waals surface area contributed by atoms with Crippen LogP contribution in [-0.4, -0.2) is 59.5 Å². The Bertz CT molecular complexity index is 577. The third-order valence-electron chi connectivity index (χ3n) is 4.30. The number of fused-ring (bicyclic) bond motifs is 2. The molecule has 1 saturated carbocycles. The monoisotopic (exact) mass is 334 g/mol. The minimum Gasteiger partial charge on any atom is -0.309 e. The lowest BCUT2D eigenvalue weighted by Gasteiger charge is -2.31. The van der Waals surface area contributed by atoms with Gasteiger partial charge in [0, 0.05) is 12.6 Å². The van der Waals surface area contributed by atoms with Crippen LogP contribution in [-0.2, 0) is 19.5 Å². The van der Waals surface area contributed by atoms with Gasteiger partial charge in [0.05, 0.1) is 6.04 Å². The van der Waals surface area contributed by atoms with Crippen LogP contribution in [0, 0.1) is 0 Å². The zero-order valence-corrected chi connectivity index (χ0v) is 12.6. The van der Waals surface area contributed by atoms with Gasteiger partial charge in [-0.15, -0.1) is 4.28 Å². The number of amides is 3. The van der Waals surface area contributed by atoms with Crippen molar-refractivity contribution < 1.29 is 26.8 Å². The maximum absolute atomic E-state index is 12.2. The largest absolute Gasteiger partial charge is 0.418 e. The van der Waals surface area contributed by atoms with Crippen molar-refractivity contribution >= 4 is 22.3 Å². The maximum Gasteiger partial charge on any atom is 0.418 e. The van der Waals surface area contributed by atoms with Gasteiger partial charge in [-0.1, -0.05) is 6.42 Å². The zero-order valence-electron chi connectivity index (χ0n) is 11.8. The molecule has 3 fully saturated rings. The summed E-state index contributed by atoms with van der Waals surface area (Å²) in [4.78, 5) is 25.6. The SMILES string of the molecule is O=C(NNC1CCC1)[C@@H]1CC[C@@H]2CN1C(=O)N2OS(=O)(=O)O. The van der Waals surface area contributed by atoms with Gasteiger partial charge in [0.2, 0.25) is 0 Å². The molecule has 2 bridgehead atoms. The molecule has 0 radical (unpaired) electrons. The highest BCUT2D eigenvalue weighted by molar-refractivity contribution is 7.80. The molecule has 22 heavy (non-hydrogen) atoms. The highest BCUT2D eigenvalue weighted by Crippen LogP contribution is 2.30. The lowest BCUT2D eigenvalue weighted by Crippen LogP contribution is -2.55. The number of hydrogen-bond donors (Lipinski definition) is 3. The molecule has 0 unspecified atom stereocenters. The molecule has 0 aromatic heterocycles. The molecule has 2 saturated heterocycles. The molecule has 2 aliphatic heterocycles. The molecule has 10 nitrogen and oxygen atoms in total. The van der Waals surface area contributed by atoms with Crippen LogP contribution in [0.4, 0.5) is 4.79 Å². The van der Waals surface area contributed by atoms with E-state index in [0.717, 1.165) is 19.3 Å². The second-order valence-corrected chi connectivity index (χ2v) is 6.78. The molecule has 0 spiro atoms. The Kier molecular flexibility index (Phi) is 3.97. The van der Waals surface area contributed by atoms with Gasteiger partial charge in [0.1, 0.15) is 6.04 Å². The van der Waals surface area contributed by atoms with Gasteiger partial charge >= 0.3 is 16.4 Å². The van der Waals surface area contributed by atoms with Crippen LogP contribution >= 0.6 is 0 Å². The van der Waals surface area contributed by atoms with Crippen molar-refractivity contribution in [1.29, 1.82) is 0 Å². The summed E-state index contributed by atoms with van der Waals surface area (Å²) < 4.78 is 34.6. The first kappa shape index (κ1) is 15.5. The Hall–Kier alpha value is -1.43. The summed E-state index contributed by atoms with van der Waals surface area (Å²) in [5.41, 5.74) is 5.53. The summed E-state index contributed by atoms with van der Waals surface area (Å²) in [5.74, 6) is -0.326. The molecule has 3 rings (SSSR count). The van der Waals surface area contributed by atoms with Crippen LogP contribution in [0.15, 0.2) is 0 Å². The second kappa shape index (κ2) is 5.65. The standard InChI is InChI=1S/C11H18N4O6S/c16-10(13-12-7-2-1-3-7)9-5-4-8-6-14(9)11(17)15(8)21-22(18,19)20/h7-9,12H,1-6H2,(H,13,16)(H,18,19,20)/t8-,9+/m1/s1. The molecule has 2 heterocycles. The number of carbonyl (C=O) groups excluding carboxylic acids is 2. The van der Waals surface area contributed by atoms with Gasteiger partial charge in [0.15, 0.2) is 0 Å². The van der Waals surface area contributed by atoms with E-state index in [1.165, 1.54) is 4.90 Å². The van der Waals surface area contributed by atoms with Gasteiger partial charge < -0.3 is 4.90 Å². The van der Waals surface area contributed by atoms with Gasteiger partial charge in [-0.05, 0) is 25.7 Å². The van der Waals surface area contributed by atoms with Crippen LogP contribution in [0.2, 0.25) is 0 Å². The molecule has 124 valence electrons. The highest BCUT2D eigenvalue weighted by Gasteiger charge is 2.49. The Morgan fingerprint density at radius 1 is 1.27 bits per heavy atom. The lowest BCUT2D eigenvalue weighted by atomic mass is 9.94. The average molecular weight is 334 g/mol. The summed E-state index contributed by atoms with van der Waals surface area (Å²) in [6.07, 6.45) is 3.96. The van der Waals surface area contributed by atoms with E-state index in [4.69, 9.17) is 4.55 Å². The average Bonchev–Trinajstić information content (AvgIpc) is 2.61. The molecule has 2 atom stereocenters. The van der Waals surface area contributed by atoms with Crippen molar-refractivity contribution in [3.8, 4) is 0 Å². The van der Waals surface area contributed by atoms with Crippen molar-refractivity contribution in [1.82, 2.24) is 20.8 Å². The summed E-state index contributed by atoms with van der Waals surface area (Å²) in [5, 5.41) is 0.627. The van der Waals surface area contributed by atoms with E-state index in [9.17, 15) is 18.0 Å². The fourth-order valence-corrected chi connectivity index (χ4v) is 3.30. The first-order valence-corrected chi connectivity index (χ1v) is 8.54. The van der Waals surface area contributed by atoms with E-state index < -0.39 is 28.5 Å². The minimum atomic E-state index is -4.77. The minimum absolute atomic E-state index is 0.190. The zero-order chi connectivity index (χ0) is 15.9. The number of hydroxylamine groups is 2. The van der Waals surface area contributed by atoms with Crippen molar-refractivity contribution in [2.24, 2.45) is 0 Å². The predicted molar refractivity (Wildman–Crippen MR) is 72.3 cm³/mol. The van der Waals surface area contributed by atoms with E-state index in [1.54, 1.807) is 0 Å². The fraction of sp³-hybridized carbons (Fsp3) is 0.818. The van der Waals surface area contributed by atoms with Gasteiger partial charge in [-0.3, -0.25) is 14.8 Å². The van der Waals surface area contributed by atoms with Gasteiger partial charge in [-0.25, -0.2) is 10.2 Å². The number of nitrogens with one attached hydrogen (secondary N) is 2. The van der Waals surface area contributed by atoms with Crippen LogP contribution in [0.1, 0.15) is 32.1 Å². The van der Waals surface area contributed by atoms with Crippen LogP contribution in [0.25, 0.3) is 0 Å². The number of hydrogen-bond acceptors (Lipinski definition) is 6. The summed E-state index contributed by atoms with van der Waals surface area (Å²) >= 11 is 0. The highest BCUT2D eigenvalue weighted by atomic mass is 32.3. The number of piperidine rings is 1. The molecule has 3 N–H and O–H groups in total. The Morgan fingerprint density at radius 3 is 2.59 bits per heavy atom. The molecular formula is C11H18N4O6S. The molecule has 11 heteroatoms. The summed E-state index contributed by atoms with van der Waals surface area (Å²) in [7, 11) is -4.77. The second-order valence-electron chi connectivity index (χ2n) is 5.77. The van der Waals surface area contributed by atoms with Crippen LogP contribution in [0.5, 0.6) is 0 Å². The topological polar surface area (TPSA) is 128 Å². The molecule has 3 amide bonds. The van der Waals surface area contributed by atoms with Crippen molar-refractivity contribution in [3.05, 3.63) is 0 Å². The number of nitrogens with zero attached hydrogens (tertiary/aromatic N) is 2. The van der Waals surface area contributed by atoms with Crippen LogP contribution in [0.3, 0.4) is 0 Å². The molecular weight excluding hydrogens is 316 g/mol. The van der Waals surface area contributed by atoms with Crippen molar-refractivity contribution in [3.63, 3.8) is 0 Å². The Morgan fingerprint density at radius 2 is 2.00 bits per heavy atom. The third-order valence-corrected chi connectivity index (χ3v) is 4.65. The van der Waals surface area contributed by atoms with Crippen molar-refractivity contribution in [2.75, 3.05) is 6.54 Å². The smallest absolute Gasteiger partial charge is 0.309 e. The number of rotatable bonds is 5. The quantitative estimate of drug-likeness (QED) is 0.442. The normalized spacial score (nSPS) is 28.7. The van der Waals surface area contributed by atoms with Gasteiger partial charge in [-0.2, -0.15) is 13.5 Å². The molecule has 0 aromatic rings. The van der Waals surface area contributed by atoms with E-state index >= 15 is 0 Å². The molecule has 0 aromatic carbocycles. The van der Waals surface area contributed by atoms with Crippen LogP contribution < -0.4 is 10.9 Å². The third kappa shape index (κ3) is 3.02. The lowest BCUT2D eigenvalue weighted by molar-refractivity contribution is -0.127. The first-order chi connectivity index (χ1) is 10.3. The first-order valence-electron chi connectivity index (χ1n) is 7.17. The summed E-state index contributed by atoms with van der Waals surface area (Å²) in [6, 6.07) is -1.62. The predicted octanol–water partition coefficient (Wildman–Crippen LogP) is -0.837. The Labute approximate surface area is 127 Å². The molecule has 3 aliphatic rings. The van der Waals surface area contributed by atoms with E-state index in [0.29, 0.717) is 17.9 Å². The molecule has 1 aliphatic carbocycles. The van der Waals surface area contributed by atoms with E-state index in [1.807, 2.05) is 0 Å². The van der Waals surface area contributed by atoms with Crippen molar-refractivity contribution in [2.45, 2.75) is 50.2 Å². The fourth-order valence-electron chi connectivity index (χ4n) is 2.91. The number of hydrazine groups is 1. The van der Waals surface area contributed by atoms with E-state index in [2.05, 4.69) is 15.1 Å². The van der Waals surface area contributed by atoms with E-state index in [-0.39, 0.29) is 18.5 Å². The summed E-state index contributed by atoms with van der Waals surface area (Å²) in [6.45, 7) is 0.190.